The number of rotatable bonds is 3. The second kappa shape index (κ2) is 5.43. The molecule has 0 aliphatic heterocycles. The van der Waals surface area contributed by atoms with Crippen molar-refractivity contribution in [2.75, 3.05) is 0 Å². The van der Waals surface area contributed by atoms with Gasteiger partial charge in [0, 0.05) is 23.8 Å². The molecule has 2 heteroatoms. The highest BCUT2D eigenvalue weighted by Crippen LogP contribution is 2.24. The van der Waals surface area contributed by atoms with E-state index < -0.39 is 0 Å². The summed E-state index contributed by atoms with van der Waals surface area (Å²) in [5.74, 6) is 0. The second-order valence-electron chi connectivity index (χ2n) is 5.24. The van der Waals surface area contributed by atoms with Crippen molar-refractivity contribution in [1.82, 2.24) is 4.98 Å². The number of pyridine rings is 1. The molecule has 0 fully saturated rings. The molecule has 20 heavy (non-hydrogen) atoms. The number of nitrogens with zero attached hydrogens (tertiary/aromatic N) is 1. The molecule has 0 saturated heterocycles. The molecule has 0 spiro atoms. The Morgan fingerprint density at radius 2 is 1.85 bits per heavy atom. The van der Waals surface area contributed by atoms with Crippen molar-refractivity contribution in [2.45, 2.75) is 19.4 Å². The van der Waals surface area contributed by atoms with Gasteiger partial charge in [-0.15, -0.1) is 0 Å². The molecule has 2 aromatic carbocycles. The van der Waals surface area contributed by atoms with E-state index >= 15 is 0 Å². The number of fused-ring (bicyclic) bond motifs is 1. The van der Waals surface area contributed by atoms with Crippen LogP contribution in [-0.4, -0.2) is 4.98 Å². The Bertz CT molecular complexity index is 712. The maximum absolute atomic E-state index is 6.40. The zero-order valence-electron chi connectivity index (χ0n) is 11.6. The van der Waals surface area contributed by atoms with E-state index in [0.717, 1.165) is 17.4 Å². The summed E-state index contributed by atoms with van der Waals surface area (Å²) in [6.45, 7) is 2.10. The van der Waals surface area contributed by atoms with Crippen molar-refractivity contribution in [2.24, 2.45) is 5.73 Å². The smallest absolute Gasteiger partial charge is 0.0349 e. The largest absolute Gasteiger partial charge is 0.324 e. The van der Waals surface area contributed by atoms with Gasteiger partial charge in [-0.2, -0.15) is 0 Å². The Kier molecular flexibility index (Phi) is 3.48. The number of aryl methyl sites for hydroxylation is 1. The first-order valence-corrected chi connectivity index (χ1v) is 6.88. The van der Waals surface area contributed by atoms with Gasteiger partial charge in [-0.25, -0.2) is 0 Å². The molecule has 3 aromatic rings. The van der Waals surface area contributed by atoms with Gasteiger partial charge in [0.05, 0.1) is 0 Å². The van der Waals surface area contributed by atoms with Crippen LogP contribution in [0.15, 0.2) is 60.9 Å². The van der Waals surface area contributed by atoms with E-state index in [1.54, 1.807) is 0 Å². The van der Waals surface area contributed by atoms with E-state index in [9.17, 15) is 0 Å². The molecule has 0 bridgehead atoms. The molecule has 1 unspecified atom stereocenters. The molecule has 2 N–H and O–H groups in total. The summed E-state index contributed by atoms with van der Waals surface area (Å²) in [5.41, 5.74) is 10.1. The summed E-state index contributed by atoms with van der Waals surface area (Å²) >= 11 is 0. The normalized spacial score (nSPS) is 12.5. The third-order valence-corrected chi connectivity index (χ3v) is 3.69. The minimum Gasteiger partial charge on any atom is -0.324 e. The van der Waals surface area contributed by atoms with E-state index in [1.165, 1.54) is 16.5 Å². The van der Waals surface area contributed by atoms with Gasteiger partial charge in [0.15, 0.2) is 0 Å². The van der Waals surface area contributed by atoms with E-state index in [4.69, 9.17) is 5.73 Å². The monoisotopic (exact) mass is 262 g/mol. The highest BCUT2D eigenvalue weighted by Gasteiger charge is 2.10. The Balaban J connectivity index is 1.92. The average molecular weight is 262 g/mol. The van der Waals surface area contributed by atoms with Crippen molar-refractivity contribution in [3.8, 4) is 0 Å². The molecule has 1 atom stereocenters. The molecule has 1 heterocycles. The topological polar surface area (TPSA) is 38.9 Å². The predicted molar refractivity (Wildman–Crippen MR) is 83.6 cm³/mol. The third kappa shape index (κ3) is 2.56. The van der Waals surface area contributed by atoms with Crippen molar-refractivity contribution >= 4 is 10.8 Å². The fourth-order valence-electron chi connectivity index (χ4n) is 2.55. The first kappa shape index (κ1) is 12.8. The van der Waals surface area contributed by atoms with Gasteiger partial charge in [-0.1, -0.05) is 48.0 Å². The maximum Gasteiger partial charge on any atom is 0.0349 e. The molecule has 2 nitrogen and oxygen atoms in total. The summed E-state index contributed by atoms with van der Waals surface area (Å²) in [6.07, 6.45) is 4.56. The summed E-state index contributed by atoms with van der Waals surface area (Å²) in [6, 6.07) is 16.8. The standard InChI is InChI=1S/C18H18N2/c1-13-5-7-14(8-6-13)11-18(19)16-4-2-3-15-9-10-20-12-17(15)16/h2-10,12,18H,11,19H2,1H3. The van der Waals surface area contributed by atoms with Crippen LogP contribution >= 0.6 is 0 Å². The number of hydrogen-bond acceptors (Lipinski definition) is 2. The molecule has 1 aromatic heterocycles. The maximum atomic E-state index is 6.40. The van der Waals surface area contributed by atoms with Gasteiger partial charge >= 0.3 is 0 Å². The lowest BCUT2D eigenvalue weighted by molar-refractivity contribution is 0.727. The van der Waals surface area contributed by atoms with Crippen LogP contribution in [0, 0.1) is 6.92 Å². The lowest BCUT2D eigenvalue weighted by atomic mass is 9.95. The minimum atomic E-state index is -0.00870. The molecule has 3 rings (SSSR count). The number of aromatic nitrogens is 1. The predicted octanol–water partition coefficient (Wildman–Crippen LogP) is 3.79. The van der Waals surface area contributed by atoms with Crippen LogP contribution in [0.2, 0.25) is 0 Å². The van der Waals surface area contributed by atoms with Crippen molar-refractivity contribution in [3.05, 3.63) is 77.6 Å². The first-order valence-electron chi connectivity index (χ1n) is 6.88. The average Bonchev–Trinajstić information content (AvgIpc) is 2.49. The van der Waals surface area contributed by atoms with E-state index in [2.05, 4.69) is 54.4 Å². The molecule has 0 radical (unpaired) electrons. The van der Waals surface area contributed by atoms with Crippen LogP contribution in [0.1, 0.15) is 22.7 Å². The Morgan fingerprint density at radius 1 is 1.05 bits per heavy atom. The van der Waals surface area contributed by atoms with Crippen LogP contribution in [-0.2, 0) is 6.42 Å². The van der Waals surface area contributed by atoms with Gasteiger partial charge in [0.1, 0.15) is 0 Å². The van der Waals surface area contributed by atoms with Crippen LogP contribution in [0.3, 0.4) is 0 Å². The zero-order valence-corrected chi connectivity index (χ0v) is 11.6. The third-order valence-electron chi connectivity index (χ3n) is 3.69. The van der Waals surface area contributed by atoms with Gasteiger partial charge in [-0.05, 0) is 35.9 Å². The summed E-state index contributed by atoms with van der Waals surface area (Å²) in [7, 11) is 0. The number of nitrogens with two attached hydrogens (primary N) is 1. The quantitative estimate of drug-likeness (QED) is 0.780. The highest BCUT2D eigenvalue weighted by molar-refractivity contribution is 5.85. The molecular formula is C18H18N2. The molecule has 0 aliphatic carbocycles. The Morgan fingerprint density at radius 3 is 2.65 bits per heavy atom. The van der Waals surface area contributed by atoms with Gasteiger partial charge in [-0.3, -0.25) is 4.98 Å². The lowest BCUT2D eigenvalue weighted by Crippen LogP contribution is -2.13. The van der Waals surface area contributed by atoms with Crippen LogP contribution in [0.5, 0.6) is 0 Å². The minimum absolute atomic E-state index is 0.00870. The van der Waals surface area contributed by atoms with Gasteiger partial charge < -0.3 is 5.73 Å². The summed E-state index contributed by atoms with van der Waals surface area (Å²) < 4.78 is 0. The second-order valence-corrected chi connectivity index (χ2v) is 5.24. The molecule has 0 saturated carbocycles. The SMILES string of the molecule is Cc1ccc(CC(N)c2cccc3ccncc23)cc1. The van der Waals surface area contributed by atoms with Crippen LogP contribution < -0.4 is 5.73 Å². The lowest BCUT2D eigenvalue weighted by Gasteiger charge is -2.15. The van der Waals surface area contributed by atoms with E-state index in [0.29, 0.717) is 0 Å². The van der Waals surface area contributed by atoms with Gasteiger partial charge in [0.25, 0.3) is 0 Å². The first-order chi connectivity index (χ1) is 9.74. The summed E-state index contributed by atoms with van der Waals surface area (Å²) in [5, 5.41) is 2.34. The van der Waals surface area contributed by atoms with E-state index in [1.807, 2.05) is 18.5 Å². The number of hydrogen-bond donors (Lipinski definition) is 1. The van der Waals surface area contributed by atoms with Crippen LogP contribution in [0.25, 0.3) is 10.8 Å². The molecule has 0 amide bonds. The fourth-order valence-corrected chi connectivity index (χ4v) is 2.55. The molecule has 100 valence electrons. The van der Waals surface area contributed by atoms with E-state index in [-0.39, 0.29) is 6.04 Å². The van der Waals surface area contributed by atoms with Crippen LogP contribution in [0.4, 0.5) is 0 Å². The van der Waals surface area contributed by atoms with Crippen molar-refractivity contribution in [3.63, 3.8) is 0 Å². The Labute approximate surface area is 119 Å². The highest BCUT2D eigenvalue weighted by atomic mass is 14.6. The van der Waals surface area contributed by atoms with Crippen molar-refractivity contribution in [1.29, 1.82) is 0 Å². The molecular weight excluding hydrogens is 244 g/mol. The fraction of sp³-hybridized carbons (Fsp3) is 0.167. The summed E-state index contributed by atoms with van der Waals surface area (Å²) in [4.78, 5) is 4.22. The molecule has 0 aliphatic rings. The number of benzene rings is 2. The Hall–Kier alpha value is -2.19. The zero-order chi connectivity index (χ0) is 13.9. The van der Waals surface area contributed by atoms with Gasteiger partial charge in [0.2, 0.25) is 0 Å². The van der Waals surface area contributed by atoms with Crippen molar-refractivity contribution < 1.29 is 0 Å².